The maximum Gasteiger partial charge on any atom is 0.336 e. The van der Waals surface area contributed by atoms with Crippen LogP contribution in [-0.2, 0) is 0 Å². The van der Waals surface area contributed by atoms with Crippen LogP contribution < -0.4 is 10.9 Å². The van der Waals surface area contributed by atoms with Crippen LogP contribution in [0.3, 0.4) is 0 Å². The second-order valence-corrected chi connectivity index (χ2v) is 5.23. The Morgan fingerprint density at radius 1 is 1.14 bits per heavy atom. The van der Waals surface area contributed by atoms with Crippen LogP contribution in [0.1, 0.15) is 17.2 Å². The molecule has 1 unspecified atom stereocenters. The molecule has 0 bridgehead atoms. The predicted molar refractivity (Wildman–Crippen MR) is 90.2 cm³/mol. The fraction of sp³-hybridized carbons (Fsp3) is 0.105. The maximum atomic E-state index is 11.5. The molecule has 110 valence electrons. The Hall–Kier alpha value is -2.81. The van der Waals surface area contributed by atoms with Crippen molar-refractivity contribution in [1.82, 2.24) is 0 Å². The van der Waals surface area contributed by atoms with Crippen LogP contribution in [0, 0.1) is 6.92 Å². The molecule has 0 spiro atoms. The largest absolute Gasteiger partial charge is 0.423 e. The summed E-state index contributed by atoms with van der Waals surface area (Å²) in [6.45, 7) is 5.79. The molecule has 1 N–H and O–H groups in total. The minimum absolute atomic E-state index is 0.00446. The average molecular weight is 291 g/mol. The highest BCUT2D eigenvalue weighted by atomic mass is 16.4. The van der Waals surface area contributed by atoms with Crippen molar-refractivity contribution >= 4 is 16.7 Å². The quantitative estimate of drug-likeness (QED) is 0.570. The first-order valence-electron chi connectivity index (χ1n) is 7.16. The molecule has 0 radical (unpaired) electrons. The summed E-state index contributed by atoms with van der Waals surface area (Å²) in [5.74, 6) is 0. The molecule has 0 amide bonds. The van der Waals surface area contributed by atoms with Crippen molar-refractivity contribution in [3.05, 3.63) is 88.8 Å². The first kappa shape index (κ1) is 14.1. The van der Waals surface area contributed by atoms with Crippen molar-refractivity contribution in [2.45, 2.75) is 13.0 Å². The first-order chi connectivity index (χ1) is 10.7. The van der Waals surface area contributed by atoms with E-state index in [1.165, 1.54) is 6.07 Å². The van der Waals surface area contributed by atoms with E-state index in [0.717, 1.165) is 22.2 Å². The normalized spacial score (nSPS) is 12.0. The van der Waals surface area contributed by atoms with Gasteiger partial charge in [0.25, 0.3) is 0 Å². The smallest absolute Gasteiger partial charge is 0.336 e. The third-order valence-electron chi connectivity index (χ3n) is 3.67. The Balaban J connectivity index is 1.96. The summed E-state index contributed by atoms with van der Waals surface area (Å²) < 4.78 is 5.28. The number of hydrogen-bond donors (Lipinski definition) is 1. The lowest BCUT2D eigenvalue weighted by molar-refractivity contribution is 0.560. The molecule has 1 aromatic heterocycles. The zero-order valence-electron chi connectivity index (χ0n) is 12.4. The SMILES string of the molecule is C=CC(Nc1ccc2c(C)cc(=O)oc2c1)c1ccccc1. The van der Waals surface area contributed by atoms with E-state index in [0.29, 0.717) is 5.58 Å². The van der Waals surface area contributed by atoms with Crippen LogP contribution in [-0.4, -0.2) is 0 Å². The van der Waals surface area contributed by atoms with Gasteiger partial charge in [-0.25, -0.2) is 4.79 Å². The molecule has 3 aromatic rings. The van der Waals surface area contributed by atoms with Gasteiger partial charge in [-0.1, -0.05) is 36.4 Å². The Kier molecular flexibility index (Phi) is 3.79. The zero-order chi connectivity index (χ0) is 15.5. The number of hydrogen-bond acceptors (Lipinski definition) is 3. The van der Waals surface area contributed by atoms with Gasteiger partial charge in [0.1, 0.15) is 5.58 Å². The van der Waals surface area contributed by atoms with Crippen molar-refractivity contribution in [3.63, 3.8) is 0 Å². The van der Waals surface area contributed by atoms with Crippen molar-refractivity contribution in [1.29, 1.82) is 0 Å². The first-order valence-corrected chi connectivity index (χ1v) is 7.16. The van der Waals surface area contributed by atoms with Gasteiger partial charge in [0.15, 0.2) is 0 Å². The number of rotatable bonds is 4. The lowest BCUT2D eigenvalue weighted by Crippen LogP contribution is -2.07. The topological polar surface area (TPSA) is 42.2 Å². The number of aryl methyl sites for hydroxylation is 1. The van der Waals surface area contributed by atoms with E-state index in [4.69, 9.17) is 4.42 Å². The van der Waals surface area contributed by atoms with Gasteiger partial charge in [-0.2, -0.15) is 0 Å². The summed E-state index contributed by atoms with van der Waals surface area (Å²) in [5.41, 5.74) is 3.19. The third-order valence-corrected chi connectivity index (χ3v) is 3.67. The highest BCUT2D eigenvalue weighted by Crippen LogP contribution is 2.25. The predicted octanol–water partition coefficient (Wildman–Crippen LogP) is 4.44. The second kappa shape index (κ2) is 5.90. The minimum atomic E-state index is -0.328. The molecular weight excluding hydrogens is 274 g/mol. The van der Waals surface area contributed by atoms with Gasteiger partial charge in [0.05, 0.1) is 6.04 Å². The van der Waals surface area contributed by atoms with Crippen molar-refractivity contribution in [2.75, 3.05) is 5.32 Å². The molecule has 3 heteroatoms. The standard InChI is InChI=1S/C19H17NO2/c1-3-17(14-7-5-4-6-8-14)20-15-9-10-16-13(2)11-19(21)22-18(16)12-15/h3-12,17,20H,1H2,2H3. The highest BCUT2D eigenvalue weighted by molar-refractivity contribution is 5.83. The van der Waals surface area contributed by atoms with Crippen LogP contribution in [0.2, 0.25) is 0 Å². The Morgan fingerprint density at radius 3 is 2.64 bits per heavy atom. The minimum Gasteiger partial charge on any atom is -0.423 e. The maximum absolute atomic E-state index is 11.5. The number of nitrogens with one attached hydrogen (secondary N) is 1. The molecule has 0 fully saturated rings. The van der Waals surface area contributed by atoms with Crippen LogP contribution in [0.25, 0.3) is 11.0 Å². The Morgan fingerprint density at radius 2 is 1.91 bits per heavy atom. The summed E-state index contributed by atoms with van der Waals surface area (Å²) in [6, 6.07) is 17.4. The molecule has 3 rings (SSSR count). The molecule has 1 atom stereocenters. The molecule has 2 aromatic carbocycles. The second-order valence-electron chi connectivity index (χ2n) is 5.23. The Labute approximate surface area is 128 Å². The van der Waals surface area contributed by atoms with E-state index < -0.39 is 0 Å². The lowest BCUT2D eigenvalue weighted by Gasteiger charge is -2.17. The fourth-order valence-electron chi connectivity index (χ4n) is 2.53. The molecule has 0 aliphatic heterocycles. The lowest BCUT2D eigenvalue weighted by atomic mass is 10.1. The van der Waals surface area contributed by atoms with E-state index in [1.54, 1.807) is 0 Å². The average Bonchev–Trinajstić information content (AvgIpc) is 2.53. The van der Waals surface area contributed by atoms with Gasteiger partial charge in [-0.05, 0) is 30.2 Å². The van der Waals surface area contributed by atoms with Gasteiger partial charge in [0.2, 0.25) is 0 Å². The monoisotopic (exact) mass is 291 g/mol. The molecule has 22 heavy (non-hydrogen) atoms. The van der Waals surface area contributed by atoms with Crippen LogP contribution in [0.5, 0.6) is 0 Å². The molecule has 0 saturated heterocycles. The van der Waals surface area contributed by atoms with E-state index in [1.807, 2.05) is 61.5 Å². The summed E-state index contributed by atoms with van der Waals surface area (Å²) >= 11 is 0. The summed E-state index contributed by atoms with van der Waals surface area (Å²) in [6.07, 6.45) is 1.85. The number of benzene rings is 2. The van der Waals surface area contributed by atoms with Crippen LogP contribution >= 0.6 is 0 Å². The van der Waals surface area contributed by atoms with Crippen molar-refractivity contribution in [2.24, 2.45) is 0 Å². The summed E-state index contributed by atoms with van der Waals surface area (Å²) in [5, 5.41) is 4.34. The van der Waals surface area contributed by atoms with E-state index in [-0.39, 0.29) is 11.7 Å². The van der Waals surface area contributed by atoms with Crippen LogP contribution in [0.4, 0.5) is 5.69 Å². The van der Waals surface area contributed by atoms with Gasteiger partial charge >= 0.3 is 5.63 Å². The number of anilines is 1. The van der Waals surface area contributed by atoms with Crippen molar-refractivity contribution in [3.8, 4) is 0 Å². The third kappa shape index (κ3) is 2.79. The molecule has 0 saturated carbocycles. The summed E-state index contributed by atoms with van der Waals surface area (Å²) in [7, 11) is 0. The molecular formula is C19H17NO2. The van der Waals surface area contributed by atoms with Crippen LogP contribution in [0.15, 0.2) is 76.5 Å². The highest BCUT2D eigenvalue weighted by Gasteiger charge is 2.08. The van der Waals surface area contributed by atoms with E-state index in [9.17, 15) is 4.79 Å². The summed E-state index contributed by atoms with van der Waals surface area (Å²) in [4.78, 5) is 11.5. The van der Waals surface area contributed by atoms with Gasteiger partial charge in [-0.3, -0.25) is 0 Å². The van der Waals surface area contributed by atoms with Gasteiger partial charge in [0, 0.05) is 23.2 Å². The van der Waals surface area contributed by atoms with E-state index >= 15 is 0 Å². The molecule has 0 aliphatic carbocycles. The molecule has 0 aliphatic rings. The van der Waals surface area contributed by atoms with E-state index in [2.05, 4.69) is 11.9 Å². The fourth-order valence-corrected chi connectivity index (χ4v) is 2.53. The zero-order valence-corrected chi connectivity index (χ0v) is 12.4. The van der Waals surface area contributed by atoms with Crippen molar-refractivity contribution < 1.29 is 4.42 Å². The van der Waals surface area contributed by atoms with Gasteiger partial charge < -0.3 is 9.73 Å². The molecule has 1 heterocycles. The number of fused-ring (bicyclic) bond motifs is 1. The Bertz CT molecular complexity index is 865. The van der Waals surface area contributed by atoms with Gasteiger partial charge in [-0.15, -0.1) is 6.58 Å². The molecule has 3 nitrogen and oxygen atoms in total.